The molecule has 0 radical (unpaired) electrons. The minimum absolute atomic E-state index is 0.354. The quantitative estimate of drug-likeness (QED) is 0.904. The van der Waals surface area contributed by atoms with Crippen LogP contribution in [0.5, 0.6) is 5.75 Å². The van der Waals surface area contributed by atoms with E-state index in [9.17, 15) is 0 Å². The van der Waals surface area contributed by atoms with Gasteiger partial charge >= 0.3 is 0 Å². The number of nitrogens with two attached hydrogens (primary N) is 1. The van der Waals surface area contributed by atoms with Gasteiger partial charge in [-0.25, -0.2) is 0 Å². The molecule has 1 aromatic carbocycles. The molecule has 0 bridgehead atoms. The zero-order chi connectivity index (χ0) is 13.8. The molecule has 0 saturated heterocycles. The molecule has 1 aliphatic carbocycles. The van der Waals surface area contributed by atoms with E-state index in [0.29, 0.717) is 12.1 Å². The molecule has 1 aliphatic rings. The molecule has 106 valence electrons. The first-order valence-corrected chi connectivity index (χ1v) is 7.69. The summed E-state index contributed by atoms with van der Waals surface area (Å²) in [6.07, 6.45) is 4.72. The first-order chi connectivity index (χ1) is 9.11. The standard InChI is InChI=1S/C15H23BrN2O/c1-18(14-5-3-4-13(14)17)9-8-11-6-7-15(19-2)12(16)10-11/h6-7,10,13-14H,3-5,8-9,17H2,1-2H3. The van der Waals surface area contributed by atoms with Crippen LogP contribution in [0.2, 0.25) is 0 Å². The number of ether oxygens (including phenoxy) is 1. The maximum atomic E-state index is 6.15. The van der Waals surface area contributed by atoms with Crippen LogP contribution in [0.4, 0.5) is 0 Å². The first kappa shape index (κ1) is 14.8. The second-order valence-corrected chi connectivity index (χ2v) is 6.22. The highest BCUT2D eigenvalue weighted by Gasteiger charge is 2.26. The van der Waals surface area contributed by atoms with Crippen molar-refractivity contribution in [2.45, 2.75) is 37.8 Å². The van der Waals surface area contributed by atoms with E-state index < -0.39 is 0 Å². The summed E-state index contributed by atoms with van der Waals surface area (Å²) < 4.78 is 6.27. The summed E-state index contributed by atoms with van der Waals surface area (Å²) in [7, 11) is 3.88. The number of hydrogen-bond acceptors (Lipinski definition) is 3. The minimum Gasteiger partial charge on any atom is -0.496 e. The SMILES string of the molecule is COc1ccc(CCN(C)C2CCCC2N)cc1Br. The van der Waals surface area contributed by atoms with Crippen molar-refractivity contribution in [1.82, 2.24) is 4.90 Å². The number of nitrogens with zero attached hydrogens (tertiary/aromatic N) is 1. The van der Waals surface area contributed by atoms with Gasteiger partial charge in [-0.3, -0.25) is 0 Å². The first-order valence-electron chi connectivity index (χ1n) is 6.90. The molecular formula is C15H23BrN2O. The van der Waals surface area contributed by atoms with Crippen molar-refractivity contribution in [3.05, 3.63) is 28.2 Å². The van der Waals surface area contributed by atoms with Crippen molar-refractivity contribution < 1.29 is 4.74 Å². The molecule has 2 N–H and O–H groups in total. The molecule has 1 saturated carbocycles. The van der Waals surface area contributed by atoms with Gasteiger partial charge in [-0.15, -0.1) is 0 Å². The van der Waals surface area contributed by atoms with Crippen molar-refractivity contribution in [3.63, 3.8) is 0 Å². The number of hydrogen-bond donors (Lipinski definition) is 1. The highest BCUT2D eigenvalue weighted by molar-refractivity contribution is 9.10. The lowest BCUT2D eigenvalue weighted by Gasteiger charge is -2.27. The number of benzene rings is 1. The number of halogens is 1. The Kier molecular flexibility index (Phi) is 5.25. The molecule has 0 aliphatic heterocycles. The van der Waals surface area contributed by atoms with E-state index in [0.717, 1.165) is 23.2 Å². The van der Waals surface area contributed by atoms with Crippen molar-refractivity contribution in [2.75, 3.05) is 20.7 Å². The summed E-state index contributed by atoms with van der Waals surface area (Å²) in [5.41, 5.74) is 7.47. The van der Waals surface area contributed by atoms with Gasteiger partial charge in [-0.1, -0.05) is 12.5 Å². The molecule has 0 spiro atoms. The summed E-state index contributed by atoms with van der Waals surface area (Å²) in [6, 6.07) is 7.20. The van der Waals surface area contributed by atoms with E-state index in [1.165, 1.54) is 24.8 Å². The molecule has 1 fully saturated rings. The molecule has 4 heteroatoms. The Morgan fingerprint density at radius 3 is 2.79 bits per heavy atom. The lowest BCUT2D eigenvalue weighted by Crippen LogP contribution is -2.42. The third kappa shape index (κ3) is 3.71. The zero-order valence-corrected chi connectivity index (χ0v) is 13.3. The van der Waals surface area contributed by atoms with Crippen LogP contribution in [-0.2, 0) is 6.42 Å². The third-order valence-electron chi connectivity index (χ3n) is 4.07. The maximum Gasteiger partial charge on any atom is 0.133 e. The monoisotopic (exact) mass is 326 g/mol. The van der Waals surface area contributed by atoms with Gasteiger partial charge in [-0.05, 0) is 59.9 Å². The van der Waals surface area contributed by atoms with Crippen molar-refractivity contribution >= 4 is 15.9 Å². The summed E-state index contributed by atoms with van der Waals surface area (Å²) >= 11 is 3.53. The van der Waals surface area contributed by atoms with Gasteiger partial charge in [0.2, 0.25) is 0 Å². The molecule has 0 aromatic heterocycles. The Balaban J connectivity index is 1.89. The van der Waals surface area contributed by atoms with E-state index in [1.54, 1.807) is 7.11 Å². The summed E-state index contributed by atoms with van der Waals surface area (Å²) in [6.45, 7) is 1.05. The number of likely N-dealkylation sites (N-methyl/N-ethyl adjacent to an activating group) is 1. The van der Waals surface area contributed by atoms with Crippen LogP contribution in [0, 0.1) is 0 Å². The molecule has 2 unspecified atom stereocenters. The van der Waals surface area contributed by atoms with Gasteiger partial charge < -0.3 is 15.4 Å². The summed E-state index contributed by atoms with van der Waals surface area (Å²) in [4.78, 5) is 2.41. The normalized spacial score (nSPS) is 23.0. The van der Waals surface area contributed by atoms with Crippen LogP contribution >= 0.6 is 15.9 Å². The highest BCUT2D eigenvalue weighted by atomic mass is 79.9. The third-order valence-corrected chi connectivity index (χ3v) is 4.69. The zero-order valence-electron chi connectivity index (χ0n) is 11.7. The van der Waals surface area contributed by atoms with Crippen LogP contribution in [0.1, 0.15) is 24.8 Å². The minimum atomic E-state index is 0.354. The maximum absolute atomic E-state index is 6.15. The fourth-order valence-corrected chi connectivity index (χ4v) is 3.44. The Labute approximate surface area is 124 Å². The second kappa shape index (κ2) is 6.73. The van der Waals surface area contributed by atoms with Crippen LogP contribution < -0.4 is 10.5 Å². The van der Waals surface area contributed by atoms with Crippen LogP contribution in [0.3, 0.4) is 0 Å². The van der Waals surface area contributed by atoms with Crippen LogP contribution in [0.15, 0.2) is 22.7 Å². The Morgan fingerprint density at radius 1 is 1.42 bits per heavy atom. The van der Waals surface area contributed by atoms with Gasteiger partial charge in [0.05, 0.1) is 11.6 Å². The van der Waals surface area contributed by atoms with E-state index >= 15 is 0 Å². The second-order valence-electron chi connectivity index (χ2n) is 5.36. The molecular weight excluding hydrogens is 304 g/mol. The van der Waals surface area contributed by atoms with Crippen LogP contribution in [0.25, 0.3) is 0 Å². The highest BCUT2D eigenvalue weighted by Crippen LogP contribution is 2.26. The van der Waals surface area contributed by atoms with E-state index in [4.69, 9.17) is 10.5 Å². The molecule has 19 heavy (non-hydrogen) atoms. The molecule has 2 atom stereocenters. The summed E-state index contributed by atoms with van der Waals surface area (Å²) in [5.74, 6) is 0.884. The molecule has 0 amide bonds. The average molecular weight is 327 g/mol. The predicted molar refractivity (Wildman–Crippen MR) is 82.6 cm³/mol. The lowest BCUT2D eigenvalue weighted by molar-refractivity contribution is 0.231. The Hall–Kier alpha value is -0.580. The van der Waals surface area contributed by atoms with Crippen molar-refractivity contribution in [2.24, 2.45) is 5.73 Å². The predicted octanol–water partition coefficient (Wildman–Crippen LogP) is 2.81. The molecule has 0 heterocycles. The van der Waals surface area contributed by atoms with Gasteiger partial charge in [0, 0.05) is 18.6 Å². The van der Waals surface area contributed by atoms with Crippen molar-refractivity contribution in [3.8, 4) is 5.75 Å². The largest absolute Gasteiger partial charge is 0.496 e. The lowest BCUT2D eigenvalue weighted by atomic mass is 10.1. The molecule has 1 aromatic rings. The van der Waals surface area contributed by atoms with E-state index in [-0.39, 0.29) is 0 Å². The smallest absolute Gasteiger partial charge is 0.133 e. The molecule has 3 nitrogen and oxygen atoms in total. The summed E-state index contributed by atoms with van der Waals surface area (Å²) in [5, 5.41) is 0. The van der Waals surface area contributed by atoms with Crippen molar-refractivity contribution in [1.29, 1.82) is 0 Å². The molecule has 2 rings (SSSR count). The fraction of sp³-hybridized carbons (Fsp3) is 0.600. The Morgan fingerprint density at radius 2 is 2.21 bits per heavy atom. The van der Waals surface area contributed by atoms with Crippen LogP contribution in [-0.4, -0.2) is 37.7 Å². The number of methoxy groups -OCH3 is 1. The van der Waals surface area contributed by atoms with Gasteiger partial charge in [-0.2, -0.15) is 0 Å². The number of rotatable bonds is 5. The fourth-order valence-electron chi connectivity index (χ4n) is 2.85. The van der Waals surface area contributed by atoms with Gasteiger partial charge in [0.1, 0.15) is 5.75 Å². The topological polar surface area (TPSA) is 38.5 Å². The van der Waals surface area contributed by atoms with E-state index in [2.05, 4.69) is 40.0 Å². The average Bonchev–Trinajstić information content (AvgIpc) is 2.82. The Bertz CT molecular complexity index is 425. The van der Waals surface area contributed by atoms with E-state index in [1.807, 2.05) is 6.07 Å². The van der Waals surface area contributed by atoms with Gasteiger partial charge in [0.15, 0.2) is 0 Å². The van der Waals surface area contributed by atoms with Gasteiger partial charge in [0.25, 0.3) is 0 Å².